The minimum atomic E-state index is -0.221. The molecule has 13 heavy (non-hydrogen) atoms. The van der Waals surface area contributed by atoms with Crippen LogP contribution in [0.4, 0.5) is 0 Å². The third kappa shape index (κ3) is 2.08. The summed E-state index contributed by atoms with van der Waals surface area (Å²) in [6.07, 6.45) is 1.45. The minimum Gasteiger partial charge on any atom is -0.461 e. The Morgan fingerprint density at radius 2 is 2.15 bits per heavy atom. The van der Waals surface area contributed by atoms with Gasteiger partial charge in [0.25, 0.3) is 0 Å². The van der Waals surface area contributed by atoms with Gasteiger partial charge in [0.2, 0.25) is 0 Å². The van der Waals surface area contributed by atoms with Crippen molar-refractivity contribution >= 4 is 12.3 Å². The lowest BCUT2D eigenvalue weighted by Crippen LogP contribution is -2.40. The molecule has 0 unspecified atom stereocenters. The minimum absolute atomic E-state index is 0.0231. The van der Waals surface area contributed by atoms with Gasteiger partial charge >= 0.3 is 5.97 Å². The summed E-state index contributed by atoms with van der Waals surface area (Å²) in [7, 11) is 0. The van der Waals surface area contributed by atoms with Crippen LogP contribution >= 0.6 is 0 Å². The highest BCUT2D eigenvalue weighted by atomic mass is 16.5. The second-order valence-corrected chi connectivity index (χ2v) is 4.01. The predicted molar refractivity (Wildman–Crippen MR) is 48.1 cm³/mol. The van der Waals surface area contributed by atoms with E-state index in [2.05, 4.69) is 0 Å². The summed E-state index contributed by atoms with van der Waals surface area (Å²) in [6, 6.07) is 0. The van der Waals surface area contributed by atoms with E-state index in [4.69, 9.17) is 4.74 Å². The second kappa shape index (κ2) is 3.90. The molecule has 0 bridgehead atoms. The zero-order chi connectivity index (χ0) is 10.0. The van der Waals surface area contributed by atoms with Gasteiger partial charge in [0.1, 0.15) is 12.4 Å². The maximum absolute atomic E-state index is 11.2. The summed E-state index contributed by atoms with van der Waals surface area (Å²) in [5, 5.41) is 0. The zero-order valence-electron chi connectivity index (χ0n) is 8.32. The van der Waals surface area contributed by atoms with Gasteiger partial charge in [0.05, 0.1) is 5.92 Å². The fourth-order valence-corrected chi connectivity index (χ4v) is 1.86. The lowest BCUT2D eigenvalue weighted by atomic mass is 9.84. The molecule has 0 saturated carbocycles. The largest absolute Gasteiger partial charge is 0.461 e. The smallest absolute Gasteiger partial charge is 0.308 e. The number of rotatable bonds is 2. The normalized spacial score (nSPS) is 36.5. The first-order valence-electron chi connectivity index (χ1n) is 4.72. The van der Waals surface area contributed by atoms with E-state index in [0.29, 0.717) is 0 Å². The van der Waals surface area contributed by atoms with Gasteiger partial charge in [-0.3, -0.25) is 4.79 Å². The van der Waals surface area contributed by atoms with Crippen LogP contribution in [0.2, 0.25) is 0 Å². The van der Waals surface area contributed by atoms with Gasteiger partial charge < -0.3 is 9.53 Å². The van der Waals surface area contributed by atoms with Gasteiger partial charge in [-0.15, -0.1) is 0 Å². The summed E-state index contributed by atoms with van der Waals surface area (Å²) >= 11 is 0. The van der Waals surface area contributed by atoms with Crippen molar-refractivity contribution in [3.8, 4) is 0 Å². The molecule has 1 aliphatic rings. The molecule has 0 spiro atoms. The lowest BCUT2D eigenvalue weighted by Gasteiger charge is -2.33. The van der Waals surface area contributed by atoms with E-state index in [1.807, 2.05) is 13.8 Å². The standard InChI is InChI=1S/C10H16O3/c1-6-4-7(2)10(12)13-9(6)8(3)5-11/h5-9H,4H2,1-3H3/t6-,7+,8-,9-/m0/s1. The highest BCUT2D eigenvalue weighted by Gasteiger charge is 2.35. The van der Waals surface area contributed by atoms with Crippen LogP contribution in [-0.4, -0.2) is 18.4 Å². The van der Waals surface area contributed by atoms with Crippen molar-refractivity contribution in [1.82, 2.24) is 0 Å². The second-order valence-electron chi connectivity index (χ2n) is 4.01. The van der Waals surface area contributed by atoms with Gasteiger partial charge in [0, 0.05) is 5.92 Å². The highest BCUT2D eigenvalue weighted by Crippen LogP contribution is 2.29. The molecular weight excluding hydrogens is 168 g/mol. The van der Waals surface area contributed by atoms with E-state index in [-0.39, 0.29) is 29.8 Å². The van der Waals surface area contributed by atoms with Crippen molar-refractivity contribution in [2.24, 2.45) is 17.8 Å². The van der Waals surface area contributed by atoms with Crippen LogP contribution in [0, 0.1) is 17.8 Å². The Hall–Kier alpha value is -0.860. The zero-order valence-corrected chi connectivity index (χ0v) is 8.32. The Morgan fingerprint density at radius 1 is 1.54 bits per heavy atom. The van der Waals surface area contributed by atoms with E-state index in [0.717, 1.165) is 12.7 Å². The molecule has 0 amide bonds. The SMILES string of the molecule is C[C@@H]1C[C@H](C)[C@@H]([C@@H](C)C=O)OC1=O. The van der Waals surface area contributed by atoms with Crippen molar-refractivity contribution < 1.29 is 14.3 Å². The van der Waals surface area contributed by atoms with Gasteiger partial charge in [0.15, 0.2) is 0 Å². The third-order valence-corrected chi connectivity index (χ3v) is 2.67. The van der Waals surface area contributed by atoms with Gasteiger partial charge in [-0.05, 0) is 12.3 Å². The third-order valence-electron chi connectivity index (χ3n) is 2.67. The average molecular weight is 184 g/mol. The molecule has 1 saturated heterocycles. The van der Waals surface area contributed by atoms with Crippen LogP contribution in [0.1, 0.15) is 27.2 Å². The Labute approximate surface area is 78.5 Å². The number of hydrogen-bond donors (Lipinski definition) is 0. The molecule has 0 aromatic heterocycles. The van der Waals surface area contributed by atoms with E-state index in [9.17, 15) is 9.59 Å². The molecule has 1 fully saturated rings. The molecule has 1 heterocycles. The Kier molecular flexibility index (Phi) is 3.07. The first-order chi connectivity index (χ1) is 6.06. The summed E-state index contributed by atoms with van der Waals surface area (Å²) < 4.78 is 5.19. The Bertz CT molecular complexity index is 212. The monoisotopic (exact) mass is 184 g/mol. The molecule has 1 aliphatic heterocycles. The molecule has 0 N–H and O–H groups in total. The molecule has 4 atom stereocenters. The number of cyclic esters (lactones) is 1. The summed E-state index contributed by atoms with van der Waals surface area (Å²) in [6.45, 7) is 5.67. The van der Waals surface area contributed by atoms with Gasteiger partial charge in [-0.2, -0.15) is 0 Å². The van der Waals surface area contributed by atoms with Crippen molar-refractivity contribution in [2.45, 2.75) is 33.3 Å². The average Bonchev–Trinajstić information content (AvgIpc) is 2.10. The number of esters is 1. The number of aldehydes is 1. The molecular formula is C10H16O3. The van der Waals surface area contributed by atoms with Crippen molar-refractivity contribution in [3.05, 3.63) is 0 Å². The highest BCUT2D eigenvalue weighted by molar-refractivity contribution is 5.73. The van der Waals surface area contributed by atoms with Crippen LogP contribution in [-0.2, 0) is 14.3 Å². The molecule has 0 radical (unpaired) electrons. The summed E-state index contributed by atoms with van der Waals surface area (Å²) in [5.41, 5.74) is 0. The molecule has 1 rings (SSSR count). The molecule has 74 valence electrons. The summed E-state index contributed by atoms with van der Waals surface area (Å²) in [4.78, 5) is 21.8. The van der Waals surface area contributed by atoms with Crippen LogP contribution in [0.25, 0.3) is 0 Å². The number of carbonyl (C=O) groups excluding carboxylic acids is 2. The molecule has 3 nitrogen and oxygen atoms in total. The first kappa shape index (κ1) is 10.2. The van der Waals surface area contributed by atoms with Crippen molar-refractivity contribution in [3.63, 3.8) is 0 Å². The van der Waals surface area contributed by atoms with Crippen molar-refractivity contribution in [1.29, 1.82) is 0 Å². The molecule has 3 heteroatoms. The maximum Gasteiger partial charge on any atom is 0.308 e. The molecule has 0 aromatic rings. The van der Waals surface area contributed by atoms with Crippen LogP contribution in [0.3, 0.4) is 0 Å². The number of ether oxygens (including phenoxy) is 1. The van der Waals surface area contributed by atoms with Crippen LogP contribution < -0.4 is 0 Å². The van der Waals surface area contributed by atoms with Gasteiger partial charge in [-0.25, -0.2) is 0 Å². The topological polar surface area (TPSA) is 43.4 Å². The van der Waals surface area contributed by atoms with E-state index >= 15 is 0 Å². The quantitative estimate of drug-likeness (QED) is 0.481. The maximum atomic E-state index is 11.2. The van der Waals surface area contributed by atoms with Gasteiger partial charge in [-0.1, -0.05) is 20.8 Å². The van der Waals surface area contributed by atoms with E-state index in [1.54, 1.807) is 6.92 Å². The predicted octanol–water partition coefficient (Wildman–Crippen LogP) is 1.41. The fourth-order valence-electron chi connectivity index (χ4n) is 1.86. The molecule has 0 aromatic carbocycles. The van der Waals surface area contributed by atoms with E-state index in [1.165, 1.54) is 0 Å². The van der Waals surface area contributed by atoms with Crippen LogP contribution in [0.15, 0.2) is 0 Å². The summed E-state index contributed by atoms with van der Waals surface area (Å²) in [5.74, 6) is -0.0961. The number of carbonyl (C=O) groups is 2. The lowest BCUT2D eigenvalue weighted by molar-refractivity contribution is -0.168. The fraction of sp³-hybridized carbons (Fsp3) is 0.800. The van der Waals surface area contributed by atoms with E-state index < -0.39 is 0 Å². The first-order valence-corrected chi connectivity index (χ1v) is 4.72. The van der Waals surface area contributed by atoms with Crippen molar-refractivity contribution in [2.75, 3.05) is 0 Å². The Morgan fingerprint density at radius 3 is 2.69 bits per heavy atom. The van der Waals surface area contributed by atoms with Crippen LogP contribution in [0.5, 0.6) is 0 Å². The number of hydrogen-bond acceptors (Lipinski definition) is 3. The Balaban J connectivity index is 2.66. The molecule has 0 aliphatic carbocycles.